The molecule has 7 heteroatoms. The molecule has 0 unspecified atom stereocenters. The van der Waals surface area contributed by atoms with Crippen molar-refractivity contribution in [3.8, 4) is 0 Å². The minimum Gasteiger partial charge on any atom is -0.389 e. The molecule has 3 heterocycles. The van der Waals surface area contributed by atoms with E-state index in [0.29, 0.717) is 12.5 Å². The third-order valence-corrected chi connectivity index (χ3v) is 7.81. The van der Waals surface area contributed by atoms with Crippen LogP contribution in [0, 0.1) is 5.92 Å². The van der Waals surface area contributed by atoms with Gasteiger partial charge in [-0.2, -0.15) is 0 Å². The third kappa shape index (κ3) is 4.96. The Morgan fingerprint density at radius 3 is 2.53 bits per heavy atom. The number of benzene rings is 1. The summed E-state index contributed by atoms with van der Waals surface area (Å²) in [6.45, 7) is 2.24. The first kappa shape index (κ1) is 22.1. The zero-order valence-electron chi connectivity index (χ0n) is 18.8. The highest BCUT2D eigenvalue weighted by Gasteiger charge is 2.53. The van der Waals surface area contributed by atoms with E-state index in [0.717, 1.165) is 45.2 Å². The first-order valence-corrected chi connectivity index (χ1v) is 12.5. The van der Waals surface area contributed by atoms with Gasteiger partial charge >= 0.3 is 6.03 Å². The zero-order valence-corrected chi connectivity index (χ0v) is 18.8. The van der Waals surface area contributed by atoms with Crippen LogP contribution in [-0.2, 0) is 15.9 Å². The number of carbonyl (C=O) groups is 1. The summed E-state index contributed by atoms with van der Waals surface area (Å²) in [6, 6.07) is 10.0. The van der Waals surface area contributed by atoms with Crippen LogP contribution in [0.5, 0.6) is 0 Å². The van der Waals surface area contributed by atoms with E-state index >= 15 is 0 Å². The van der Waals surface area contributed by atoms with E-state index in [1.807, 2.05) is 0 Å². The Morgan fingerprint density at radius 1 is 1.03 bits per heavy atom. The van der Waals surface area contributed by atoms with Gasteiger partial charge in [-0.3, -0.25) is 4.90 Å². The second-order valence-electron chi connectivity index (χ2n) is 10.0. The zero-order chi connectivity index (χ0) is 21.9. The second kappa shape index (κ2) is 10.1. The molecule has 1 aromatic rings. The maximum Gasteiger partial charge on any atom is 0.315 e. The van der Waals surface area contributed by atoms with Crippen molar-refractivity contribution in [2.24, 2.45) is 5.92 Å². The number of nitrogens with zero attached hydrogens (tertiary/aromatic N) is 1. The first-order chi connectivity index (χ1) is 15.7. The second-order valence-corrected chi connectivity index (χ2v) is 10.0. The Labute approximate surface area is 190 Å². The van der Waals surface area contributed by atoms with Crippen molar-refractivity contribution in [3.63, 3.8) is 0 Å². The largest absolute Gasteiger partial charge is 0.389 e. The number of hydrogen-bond acceptors (Lipinski definition) is 5. The Bertz CT molecular complexity index is 749. The number of aliphatic hydroxyl groups is 1. The summed E-state index contributed by atoms with van der Waals surface area (Å²) in [6.07, 6.45) is 7.52. The number of likely N-dealkylation sites (tertiary alicyclic amines) is 1. The summed E-state index contributed by atoms with van der Waals surface area (Å²) in [7, 11) is 0. The van der Waals surface area contributed by atoms with E-state index in [2.05, 4.69) is 45.9 Å². The highest BCUT2D eigenvalue weighted by molar-refractivity contribution is 5.74. The van der Waals surface area contributed by atoms with Gasteiger partial charge in [0.05, 0.1) is 24.8 Å². The minimum absolute atomic E-state index is 0.199. The average molecular weight is 444 g/mol. The topological polar surface area (TPSA) is 83.1 Å². The standard InChI is InChI=1S/C25H37N3O4/c29-23-21(27-25(30)26-19-9-5-2-6-10-19)20-16-31-24(32-20)22(23)28-13-11-18(12-14-28)15-17-7-3-1-4-8-17/h1,3-4,7-8,18-24,29H,2,5-6,9-16H2,(H2,26,27,30)/t20-,21+,22-,23-,24+/m0/s1. The number of carbonyl (C=O) groups excluding carboxylic acids is 1. The van der Waals surface area contributed by atoms with Crippen LogP contribution in [0.4, 0.5) is 4.79 Å². The number of aliphatic hydroxyl groups excluding tert-OH is 1. The van der Waals surface area contributed by atoms with Crippen LogP contribution in [0.15, 0.2) is 30.3 Å². The number of ether oxygens (including phenoxy) is 2. The van der Waals surface area contributed by atoms with E-state index in [9.17, 15) is 9.90 Å². The van der Waals surface area contributed by atoms with Crippen LogP contribution in [0.2, 0.25) is 0 Å². The van der Waals surface area contributed by atoms with Crippen molar-refractivity contribution < 1.29 is 19.4 Å². The maximum atomic E-state index is 12.7. The molecule has 32 heavy (non-hydrogen) atoms. The molecule has 176 valence electrons. The number of hydrogen-bond donors (Lipinski definition) is 3. The Kier molecular flexibility index (Phi) is 6.97. The molecule has 5 rings (SSSR count). The fourth-order valence-electron chi connectivity index (χ4n) is 6.00. The lowest BCUT2D eigenvalue weighted by atomic mass is 9.87. The van der Waals surface area contributed by atoms with Crippen LogP contribution in [-0.4, -0.2) is 72.4 Å². The van der Waals surface area contributed by atoms with Gasteiger partial charge in [-0.15, -0.1) is 0 Å². The predicted molar refractivity (Wildman–Crippen MR) is 121 cm³/mol. The highest BCUT2D eigenvalue weighted by Crippen LogP contribution is 2.34. The lowest BCUT2D eigenvalue weighted by Crippen LogP contribution is -2.66. The average Bonchev–Trinajstić information content (AvgIpc) is 3.24. The molecule has 4 aliphatic rings. The van der Waals surface area contributed by atoms with Crippen LogP contribution < -0.4 is 10.6 Å². The molecule has 0 radical (unpaired) electrons. The van der Waals surface area contributed by atoms with Gasteiger partial charge in [0.15, 0.2) is 6.29 Å². The smallest absolute Gasteiger partial charge is 0.315 e. The molecule has 0 aromatic heterocycles. The number of rotatable bonds is 5. The molecule has 3 N–H and O–H groups in total. The fraction of sp³-hybridized carbons (Fsp3) is 0.720. The molecule has 2 amide bonds. The van der Waals surface area contributed by atoms with Crippen LogP contribution in [0.25, 0.3) is 0 Å². The van der Waals surface area contributed by atoms with E-state index in [-0.39, 0.29) is 24.2 Å². The number of fused-ring (bicyclic) bond motifs is 2. The Balaban J connectivity index is 1.17. The van der Waals surface area contributed by atoms with Crippen molar-refractivity contribution in [3.05, 3.63) is 35.9 Å². The van der Waals surface area contributed by atoms with Crippen LogP contribution in [0.3, 0.4) is 0 Å². The summed E-state index contributed by atoms with van der Waals surface area (Å²) in [5.41, 5.74) is 1.39. The minimum atomic E-state index is -0.705. The van der Waals surface area contributed by atoms with Crippen molar-refractivity contribution in [1.29, 1.82) is 0 Å². The number of nitrogens with one attached hydrogen (secondary N) is 2. The molecule has 5 atom stereocenters. The molecule has 1 aliphatic carbocycles. The van der Waals surface area contributed by atoms with Gasteiger partial charge in [0.25, 0.3) is 0 Å². The molecule has 2 bridgehead atoms. The Hall–Kier alpha value is -1.67. The summed E-state index contributed by atoms with van der Waals surface area (Å²) in [5.74, 6) is 0.655. The first-order valence-electron chi connectivity index (χ1n) is 12.5. The predicted octanol–water partition coefficient (Wildman–Crippen LogP) is 2.43. The van der Waals surface area contributed by atoms with Gasteiger partial charge in [0.2, 0.25) is 0 Å². The molecule has 1 saturated carbocycles. The molecule has 7 nitrogen and oxygen atoms in total. The molecule has 3 saturated heterocycles. The molecule has 4 fully saturated rings. The van der Waals surface area contributed by atoms with Gasteiger partial charge in [0.1, 0.15) is 6.10 Å². The summed E-state index contributed by atoms with van der Waals surface area (Å²) >= 11 is 0. The third-order valence-electron chi connectivity index (χ3n) is 7.81. The lowest BCUT2D eigenvalue weighted by molar-refractivity contribution is -0.184. The van der Waals surface area contributed by atoms with Crippen molar-refractivity contribution in [1.82, 2.24) is 15.5 Å². The van der Waals surface area contributed by atoms with Crippen molar-refractivity contribution in [2.45, 2.75) is 88.0 Å². The van der Waals surface area contributed by atoms with Gasteiger partial charge in [0, 0.05) is 6.04 Å². The van der Waals surface area contributed by atoms with Gasteiger partial charge < -0.3 is 25.2 Å². The monoisotopic (exact) mass is 443 g/mol. The molecular weight excluding hydrogens is 406 g/mol. The van der Waals surface area contributed by atoms with E-state index < -0.39 is 18.4 Å². The van der Waals surface area contributed by atoms with Gasteiger partial charge in [-0.05, 0) is 56.7 Å². The number of piperidine rings is 1. The fourth-order valence-corrected chi connectivity index (χ4v) is 6.00. The highest BCUT2D eigenvalue weighted by atomic mass is 16.7. The summed E-state index contributed by atoms with van der Waals surface area (Å²) in [5, 5.41) is 17.4. The van der Waals surface area contributed by atoms with Crippen LogP contribution in [0.1, 0.15) is 50.5 Å². The van der Waals surface area contributed by atoms with Gasteiger partial charge in [-0.25, -0.2) is 4.79 Å². The molecule has 1 aromatic carbocycles. The SMILES string of the molecule is O=C(NC1CCCCC1)N[C@H]1[C@H](O)[C@H](N2CCC(Cc3ccccc3)CC2)[C@@H]2OC[C@@H]1O2. The maximum absolute atomic E-state index is 12.7. The van der Waals surface area contributed by atoms with Gasteiger partial charge in [-0.1, -0.05) is 49.6 Å². The summed E-state index contributed by atoms with van der Waals surface area (Å²) < 4.78 is 12.0. The normalized spacial score (nSPS) is 34.3. The quantitative estimate of drug-likeness (QED) is 0.651. The van der Waals surface area contributed by atoms with E-state index in [4.69, 9.17) is 9.47 Å². The number of amides is 2. The summed E-state index contributed by atoms with van der Waals surface area (Å²) in [4.78, 5) is 15.0. The van der Waals surface area contributed by atoms with E-state index in [1.54, 1.807) is 0 Å². The Morgan fingerprint density at radius 2 is 1.78 bits per heavy atom. The van der Waals surface area contributed by atoms with Crippen molar-refractivity contribution in [2.75, 3.05) is 19.7 Å². The van der Waals surface area contributed by atoms with Crippen molar-refractivity contribution >= 4 is 6.03 Å². The van der Waals surface area contributed by atoms with Crippen LogP contribution >= 0.6 is 0 Å². The molecular formula is C25H37N3O4. The van der Waals surface area contributed by atoms with E-state index in [1.165, 1.54) is 24.8 Å². The lowest BCUT2D eigenvalue weighted by Gasteiger charge is -2.46. The molecule has 0 spiro atoms. The molecule has 3 aliphatic heterocycles. The number of urea groups is 1.